The molecule has 0 fully saturated rings. The standard InChI is InChI=1S/C15H17FN2O/c1-2-19-15-9-5-8-14(18-15)17-11-10-12-6-3-4-7-13(12)16/h3-9H,2,10-11H2,1H3,(H,17,18). The number of hydrogen-bond acceptors (Lipinski definition) is 3. The second-order valence-electron chi connectivity index (χ2n) is 4.06. The van der Waals surface area contributed by atoms with Gasteiger partial charge in [0.2, 0.25) is 5.88 Å². The van der Waals surface area contributed by atoms with E-state index in [1.54, 1.807) is 12.1 Å². The van der Waals surface area contributed by atoms with Crippen LogP contribution in [0.2, 0.25) is 0 Å². The van der Waals surface area contributed by atoms with Gasteiger partial charge in [-0.15, -0.1) is 0 Å². The quantitative estimate of drug-likeness (QED) is 0.865. The van der Waals surface area contributed by atoms with Crippen LogP contribution in [0.15, 0.2) is 42.5 Å². The van der Waals surface area contributed by atoms with Gasteiger partial charge in [-0.05, 0) is 31.0 Å². The molecule has 1 N–H and O–H groups in total. The van der Waals surface area contributed by atoms with Crippen LogP contribution in [-0.4, -0.2) is 18.1 Å². The zero-order chi connectivity index (χ0) is 13.5. The Morgan fingerprint density at radius 3 is 2.79 bits per heavy atom. The number of hydrogen-bond donors (Lipinski definition) is 1. The highest BCUT2D eigenvalue weighted by molar-refractivity contribution is 5.37. The van der Waals surface area contributed by atoms with E-state index in [-0.39, 0.29) is 5.82 Å². The molecule has 0 spiro atoms. The molecule has 0 radical (unpaired) electrons. The number of nitrogens with one attached hydrogen (secondary N) is 1. The van der Waals surface area contributed by atoms with Crippen LogP contribution in [0.3, 0.4) is 0 Å². The lowest BCUT2D eigenvalue weighted by atomic mass is 10.1. The average Bonchev–Trinajstić information content (AvgIpc) is 2.42. The van der Waals surface area contributed by atoms with Crippen LogP contribution in [0.25, 0.3) is 0 Å². The Labute approximate surface area is 112 Å². The first-order chi connectivity index (χ1) is 9.29. The summed E-state index contributed by atoms with van der Waals surface area (Å²) in [7, 11) is 0. The fraction of sp³-hybridized carbons (Fsp3) is 0.267. The molecule has 0 saturated carbocycles. The molecule has 0 atom stereocenters. The second-order valence-corrected chi connectivity index (χ2v) is 4.06. The molecule has 0 saturated heterocycles. The van der Waals surface area contributed by atoms with E-state index >= 15 is 0 Å². The normalized spacial score (nSPS) is 10.2. The molecule has 1 heterocycles. The molecule has 0 amide bonds. The molecule has 4 heteroatoms. The Hall–Kier alpha value is -2.10. The highest BCUT2D eigenvalue weighted by Gasteiger charge is 2.01. The van der Waals surface area contributed by atoms with Gasteiger partial charge < -0.3 is 10.1 Å². The van der Waals surface area contributed by atoms with Crippen molar-refractivity contribution in [3.05, 3.63) is 53.8 Å². The summed E-state index contributed by atoms with van der Waals surface area (Å²) >= 11 is 0. The molecular formula is C15H17FN2O. The molecule has 100 valence electrons. The van der Waals surface area contributed by atoms with Crippen molar-refractivity contribution in [3.63, 3.8) is 0 Å². The SMILES string of the molecule is CCOc1cccc(NCCc2ccccc2F)n1. The Morgan fingerprint density at radius 1 is 1.16 bits per heavy atom. The number of pyridine rings is 1. The largest absolute Gasteiger partial charge is 0.478 e. The molecule has 1 aromatic heterocycles. The molecule has 19 heavy (non-hydrogen) atoms. The van der Waals surface area contributed by atoms with Gasteiger partial charge in [-0.1, -0.05) is 24.3 Å². The number of halogens is 1. The highest BCUT2D eigenvalue weighted by atomic mass is 19.1. The van der Waals surface area contributed by atoms with Gasteiger partial charge in [0.15, 0.2) is 0 Å². The zero-order valence-electron chi connectivity index (χ0n) is 10.9. The van der Waals surface area contributed by atoms with Crippen molar-refractivity contribution < 1.29 is 9.13 Å². The van der Waals surface area contributed by atoms with Crippen LogP contribution < -0.4 is 10.1 Å². The number of benzene rings is 1. The Bertz CT molecular complexity index is 531. The van der Waals surface area contributed by atoms with Crippen LogP contribution in [0, 0.1) is 5.82 Å². The van der Waals surface area contributed by atoms with Gasteiger partial charge in [-0.3, -0.25) is 0 Å². The van der Waals surface area contributed by atoms with Crippen molar-refractivity contribution in [2.75, 3.05) is 18.5 Å². The van der Waals surface area contributed by atoms with E-state index in [2.05, 4.69) is 10.3 Å². The molecule has 0 aliphatic heterocycles. The minimum absolute atomic E-state index is 0.166. The highest BCUT2D eigenvalue weighted by Crippen LogP contribution is 2.12. The summed E-state index contributed by atoms with van der Waals surface area (Å²) in [5.74, 6) is 1.17. The summed E-state index contributed by atoms with van der Waals surface area (Å²) in [6, 6.07) is 12.4. The molecule has 0 aliphatic carbocycles. The number of aromatic nitrogens is 1. The molecule has 1 aromatic carbocycles. The lowest BCUT2D eigenvalue weighted by molar-refractivity contribution is 0.327. The van der Waals surface area contributed by atoms with Gasteiger partial charge in [0.05, 0.1) is 6.61 Å². The van der Waals surface area contributed by atoms with Crippen LogP contribution >= 0.6 is 0 Å². The van der Waals surface area contributed by atoms with Crippen molar-refractivity contribution in [1.82, 2.24) is 4.98 Å². The van der Waals surface area contributed by atoms with E-state index in [4.69, 9.17) is 4.74 Å². The van der Waals surface area contributed by atoms with Crippen molar-refractivity contribution in [1.29, 1.82) is 0 Å². The van der Waals surface area contributed by atoms with Gasteiger partial charge >= 0.3 is 0 Å². The summed E-state index contributed by atoms with van der Waals surface area (Å²) in [6.45, 7) is 3.13. The van der Waals surface area contributed by atoms with E-state index in [1.807, 2.05) is 31.2 Å². The first-order valence-electron chi connectivity index (χ1n) is 6.36. The lowest BCUT2D eigenvalue weighted by Gasteiger charge is -2.08. The monoisotopic (exact) mass is 260 g/mol. The fourth-order valence-corrected chi connectivity index (χ4v) is 1.77. The minimum atomic E-state index is -0.166. The summed E-state index contributed by atoms with van der Waals surface area (Å²) in [5.41, 5.74) is 0.705. The third-order valence-electron chi connectivity index (χ3n) is 2.67. The second kappa shape index (κ2) is 6.73. The first-order valence-corrected chi connectivity index (χ1v) is 6.36. The maximum atomic E-state index is 13.4. The zero-order valence-corrected chi connectivity index (χ0v) is 10.9. The number of anilines is 1. The van der Waals surface area contributed by atoms with E-state index in [0.29, 0.717) is 31.0 Å². The van der Waals surface area contributed by atoms with Crippen LogP contribution in [-0.2, 0) is 6.42 Å². The molecule has 0 aliphatic rings. The Balaban J connectivity index is 1.89. The smallest absolute Gasteiger partial charge is 0.215 e. The van der Waals surface area contributed by atoms with Gasteiger partial charge in [0, 0.05) is 12.6 Å². The fourth-order valence-electron chi connectivity index (χ4n) is 1.77. The van der Waals surface area contributed by atoms with Crippen molar-refractivity contribution in [2.45, 2.75) is 13.3 Å². The van der Waals surface area contributed by atoms with Gasteiger partial charge in [0.25, 0.3) is 0 Å². The van der Waals surface area contributed by atoms with E-state index in [0.717, 1.165) is 5.82 Å². The van der Waals surface area contributed by atoms with Crippen molar-refractivity contribution in [3.8, 4) is 5.88 Å². The van der Waals surface area contributed by atoms with E-state index in [9.17, 15) is 4.39 Å². The summed E-state index contributed by atoms with van der Waals surface area (Å²) in [5, 5.41) is 3.16. The summed E-state index contributed by atoms with van der Waals surface area (Å²) < 4.78 is 18.7. The van der Waals surface area contributed by atoms with E-state index in [1.165, 1.54) is 6.07 Å². The summed E-state index contributed by atoms with van der Waals surface area (Å²) in [6.07, 6.45) is 0.618. The first kappa shape index (κ1) is 13.3. The van der Waals surface area contributed by atoms with Crippen molar-refractivity contribution >= 4 is 5.82 Å². The predicted molar refractivity (Wildman–Crippen MR) is 74.0 cm³/mol. The minimum Gasteiger partial charge on any atom is -0.478 e. The average molecular weight is 260 g/mol. The number of rotatable bonds is 6. The predicted octanol–water partition coefficient (Wildman–Crippen LogP) is 3.27. The van der Waals surface area contributed by atoms with Crippen molar-refractivity contribution in [2.24, 2.45) is 0 Å². The van der Waals surface area contributed by atoms with Crippen LogP contribution in [0.5, 0.6) is 5.88 Å². The van der Waals surface area contributed by atoms with Gasteiger partial charge in [0.1, 0.15) is 11.6 Å². The molecule has 2 rings (SSSR count). The molecule has 0 bridgehead atoms. The molecule has 2 aromatic rings. The number of ether oxygens (including phenoxy) is 1. The summed E-state index contributed by atoms with van der Waals surface area (Å²) in [4.78, 5) is 4.29. The Morgan fingerprint density at radius 2 is 2.00 bits per heavy atom. The maximum Gasteiger partial charge on any atom is 0.215 e. The molecule has 3 nitrogen and oxygen atoms in total. The topological polar surface area (TPSA) is 34.1 Å². The third-order valence-corrected chi connectivity index (χ3v) is 2.67. The Kier molecular flexibility index (Phi) is 4.72. The van der Waals surface area contributed by atoms with Crippen LogP contribution in [0.4, 0.5) is 10.2 Å². The molecule has 0 unspecified atom stereocenters. The number of nitrogens with zero attached hydrogens (tertiary/aromatic N) is 1. The van der Waals surface area contributed by atoms with Gasteiger partial charge in [-0.25, -0.2) is 4.39 Å². The lowest BCUT2D eigenvalue weighted by Crippen LogP contribution is -2.07. The molecular weight excluding hydrogens is 243 g/mol. The van der Waals surface area contributed by atoms with Crippen LogP contribution in [0.1, 0.15) is 12.5 Å². The van der Waals surface area contributed by atoms with Gasteiger partial charge in [-0.2, -0.15) is 4.98 Å². The third kappa shape index (κ3) is 3.95. The van der Waals surface area contributed by atoms with E-state index < -0.39 is 0 Å². The maximum absolute atomic E-state index is 13.4.